The number of aliphatic hydroxyl groups excluding tert-OH is 1. The van der Waals surface area contributed by atoms with E-state index in [0.717, 1.165) is 50.0 Å². The standard InChI is InChI=1S/C21H31N3O3/c1-15-7-10-23(11-8-15)20(26)18-5-6-19(16(2)12-18)22-21(27)24-9-3-4-17(13-24)14-25/h5-6,12,15,17,25H,3-4,7-11,13-14H2,1-2H3,(H,22,27). The molecule has 27 heavy (non-hydrogen) atoms. The molecule has 0 aliphatic carbocycles. The number of urea groups is 1. The van der Waals surface area contributed by atoms with E-state index in [2.05, 4.69) is 12.2 Å². The van der Waals surface area contributed by atoms with Crippen molar-refractivity contribution in [3.8, 4) is 0 Å². The summed E-state index contributed by atoms with van der Waals surface area (Å²) in [4.78, 5) is 28.9. The molecule has 2 aliphatic rings. The number of piperidine rings is 2. The molecule has 6 nitrogen and oxygen atoms in total. The third-order valence-electron chi connectivity index (χ3n) is 5.85. The maximum atomic E-state index is 12.7. The van der Waals surface area contributed by atoms with Crippen LogP contribution >= 0.6 is 0 Å². The first kappa shape index (κ1) is 19.7. The van der Waals surface area contributed by atoms with E-state index in [4.69, 9.17) is 0 Å². The second-order valence-electron chi connectivity index (χ2n) is 8.07. The molecule has 2 N–H and O–H groups in total. The van der Waals surface area contributed by atoms with Crippen molar-refractivity contribution >= 4 is 17.6 Å². The van der Waals surface area contributed by atoms with Gasteiger partial charge < -0.3 is 20.2 Å². The van der Waals surface area contributed by atoms with Crippen molar-refractivity contribution in [2.75, 3.05) is 38.1 Å². The molecule has 2 fully saturated rings. The second kappa shape index (κ2) is 8.74. The molecule has 2 aliphatic heterocycles. The maximum absolute atomic E-state index is 12.7. The number of hydrogen-bond donors (Lipinski definition) is 2. The Morgan fingerprint density at radius 3 is 2.56 bits per heavy atom. The van der Waals surface area contributed by atoms with E-state index in [0.29, 0.717) is 24.6 Å². The third-order valence-corrected chi connectivity index (χ3v) is 5.85. The van der Waals surface area contributed by atoms with Crippen LogP contribution in [0.15, 0.2) is 18.2 Å². The van der Waals surface area contributed by atoms with Crippen LogP contribution in [0, 0.1) is 18.8 Å². The summed E-state index contributed by atoms with van der Waals surface area (Å²) in [6.45, 7) is 7.20. The van der Waals surface area contributed by atoms with Gasteiger partial charge in [-0.05, 0) is 68.2 Å². The molecule has 0 aromatic heterocycles. The van der Waals surface area contributed by atoms with Crippen LogP contribution in [0.5, 0.6) is 0 Å². The molecule has 0 bridgehead atoms. The first-order valence-corrected chi connectivity index (χ1v) is 10.0. The lowest BCUT2D eigenvalue weighted by Crippen LogP contribution is -2.43. The van der Waals surface area contributed by atoms with E-state index in [1.54, 1.807) is 11.0 Å². The van der Waals surface area contributed by atoms with Gasteiger partial charge in [-0.15, -0.1) is 0 Å². The summed E-state index contributed by atoms with van der Waals surface area (Å²) in [7, 11) is 0. The summed E-state index contributed by atoms with van der Waals surface area (Å²) in [5, 5.41) is 12.3. The molecule has 0 saturated carbocycles. The fourth-order valence-corrected chi connectivity index (χ4v) is 3.92. The fraction of sp³-hybridized carbons (Fsp3) is 0.619. The zero-order valence-electron chi connectivity index (χ0n) is 16.4. The Morgan fingerprint density at radius 1 is 1.15 bits per heavy atom. The van der Waals surface area contributed by atoms with E-state index < -0.39 is 0 Å². The molecule has 148 valence electrons. The van der Waals surface area contributed by atoms with Gasteiger partial charge in [-0.2, -0.15) is 0 Å². The van der Waals surface area contributed by atoms with Crippen molar-refractivity contribution in [3.63, 3.8) is 0 Å². The molecule has 1 unspecified atom stereocenters. The number of amides is 3. The summed E-state index contributed by atoms with van der Waals surface area (Å²) >= 11 is 0. The summed E-state index contributed by atoms with van der Waals surface area (Å²) in [5.41, 5.74) is 2.30. The van der Waals surface area contributed by atoms with E-state index in [9.17, 15) is 14.7 Å². The lowest BCUT2D eigenvalue weighted by Gasteiger charge is -2.32. The Labute approximate surface area is 161 Å². The number of aryl methyl sites for hydroxylation is 1. The highest BCUT2D eigenvalue weighted by atomic mass is 16.3. The van der Waals surface area contributed by atoms with Gasteiger partial charge in [0.2, 0.25) is 0 Å². The lowest BCUT2D eigenvalue weighted by atomic mass is 9.98. The minimum atomic E-state index is -0.139. The molecule has 1 aromatic rings. The Bertz CT molecular complexity index is 683. The van der Waals surface area contributed by atoms with Gasteiger partial charge >= 0.3 is 6.03 Å². The molecule has 0 radical (unpaired) electrons. The van der Waals surface area contributed by atoms with Crippen LogP contribution in [0.25, 0.3) is 0 Å². The van der Waals surface area contributed by atoms with E-state index in [1.807, 2.05) is 24.0 Å². The summed E-state index contributed by atoms with van der Waals surface area (Å²) in [6.07, 6.45) is 4.00. The van der Waals surface area contributed by atoms with Gasteiger partial charge in [0, 0.05) is 44.0 Å². The molecule has 2 saturated heterocycles. The SMILES string of the molecule is Cc1cc(C(=O)N2CCC(C)CC2)ccc1NC(=O)N1CCCC(CO)C1. The molecule has 3 rings (SSSR count). The van der Waals surface area contributed by atoms with Crippen LogP contribution in [0.4, 0.5) is 10.5 Å². The predicted molar refractivity (Wildman–Crippen MR) is 106 cm³/mol. The fourth-order valence-electron chi connectivity index (χ4n) is 3.92. The van der Waals surface area contributed by atoms with E-state index >= 15 is 0 Å². The zero-order valence-corrected chi connectivity index (χ0v) is 16.4. The third kappa shape index (κ3) is 4.80. The molecule has 2 heterocycles. The monoisotopic (exact) mass is 373 g/mol. The van der Waals surface area contributed by atoms with Crippen LogP contribution in [-0.4, -0.2) is 59.6 Å². The number of hydrogen-bond acceptors (Lipinski definition) is 3. The Balaban J connectivity index is 1.62. The summed E-state index contributed by atoms with van der Waals surface area (Å²) in [5.74, 6) is 0.927. The van der Waals surface area contributed by atoms with E-state index in [1.165, 1.54) is 0 Å². The predicted octanol–water partition coefficient (Wildman–Crippen LogP) is 3.10. The normalized spacial score (nSPS) is 21.2. The van der Waals surface area contributed by atoms with Gasteiger partial charge in [0.1, 0.15) is 0 Å². The quantitative estimate of drug-likeness (QED) is 0.855. The highest BCUT2D eigenvalue weighted by Gasteiger charge is 2.24. The Kier molecular flexibility index (Phi) is 6.37. The van der Waals surface area contributed by atoms with Gasteiger partial charge in [0.15, 0.2) is 0 Å². The van der Waals surface area contributed by atoms with Gasteiger partial charge in [-0.3, -0.25) is 4.79 Å². The molecule has 6 heteroatoms. The topological polar surface area (TPSA) is 72.9 Å². The average molecular weight is 373 g/mol. The minimum Gasteiger partial charge on any atom is -0.396 e. The number of rotatable bonds is 3. The van der Waals surface area contributed by atoms with Gasteiger partial charge in [-0.25, -0.2) is 4.79 Å². The largest absolute Gasteiger partial charge is 0.396 e. The van der Waals surface area contributed by atoms with Crippen LogP contribution in [0.3, 0.4) is 0 Å². The highest BCUT2D eigenvalue weighted by Crippen LogP contribution is 2.22. The number of benzene rings is 1. The molecule has 0 spiro atoms. The highest BCUT2D eigenvalue weighted by molar-refractivity contribution is 5.96. The Hall–Kier alpha value is -2.08. The molecular weight excluding hydrogens is 342 g/mol. The molecule has 3 amide bonds. The number of aliphatic hydroxyl groups is 1. The van der Waals surface area contributed by atoms with Crippen molar-refractivity contribution in [3.05, 3.63) is 29.3 Å². The van der Waals surface area contributed by atoms with Crippen molar-refractivity contribution in [2.45, 2.75) is 39.5 Å². The van der Waals surface area contributed by atoms with Crippen molar-refractivity contribution in [2.24, 2.45) is 11.8 Å². The first-order valence-electron chi connectivity index (χ1n) is 10.0. The maximum Gasteiger partial charge on any atom is 0.321 e. The van der Waals surface area contributed by atoms with Crippen LogP contribution in [-0.2, 0) is 0 Å². The van der Waals surface area contributed by atoms with Crippen LogP contribution < -0.4 is 5.32 Å². The number of nitrogens with one attached hydrogen (secondary N) is 1. The van der Waals surface area contributed by atoms with Crippen molar-refractivity contribution in [1.82, 2.24) is 9.80 Å². The lowest BCUT2D eigenvalue weighted by molar-refractivity contribution is 0.0697. The zero-order chi connectivity index (χ0) is 19.4. The Morgan fingerprint density at radius 2 is 1.89 bits per heavy atom. The number of carbonyl (C=O) groups excluding carboxylic acids is 2. The smallest absolute Gasteiger partial charge is 0.321 e. The second-order valence-corrected chi connectivity index (χ2v) is 8.07. The minimum absolute atomic E-state index is 0.0738. The number of carbonyl (C=O) groups is 2. The number of anilines is 1. The number of nitrogens with zero attached hydrogens (tertiary/aromatic N) is 2. The molecule has 1 aromatic carbocycles. The summed E-state index contributed by atoms with van der Waals surface area (Å²) < 4.78 is 0. The van der Waals surface area contributed by atoms with Gasteiger partial charge in [-0.1, -0.05) is 6.92 Å². The summed E-state index contributed by atoms with van der Waals surface area (Å²) in [6, 6.07) is 5.35. The van der Waals surface area contributed by atoms with Crippen LogP contribution in [0.2, 0.25) is 0 Å². The molecular formula is C21H31N3O3. The average Bonchev–Trinajstić information content (AvgIpc) is 2.69. The van der Waals surface area contributed by atoms with Gasteiger partial charge in [0.25, 0.3) is 5.91 Å². The number of likely N-dealkylation sites (tertiary alicyclic amines) is 2. The van der Waals surface area contributed by atoms with Crippen molar-refractivity contribution < 1.29 is 14.7 Å². The van der Waals surface area contributed by atoms with Crippen LogP contribution in [0.1, 0.15) is 48.5 Å². The van der Waals surface area contributed by atoms with Gasteiger partial charge in [0.05, 0.1) is 0 Å². The first-order chi connectivity index (χ1) is 13.0. The van der Waals surface area contributed by atoms with E-state index in [-0.39, 0.29) is 24.5 Å². The molecule has 1 atom stereocenters. The van der Waals surface area contributed by atoms with Crippen molar-refractivity contribution in [1.29, 1.82) is 0 Å².